The average Bonchev–Trinajstić information content (AvgIpc) is 3.31. The van der Waals surface area contributed by atoms with E-state index in [1.165, 1.54) is 0 Å². The van der Waals surface area contributed by atoms with E-state index in [1.54, 1.807) is 25.2 Å². The van der Waals surface area contributed by atoms with Gasteiger partial charge in [-0.1, -0.05) is 6.92 Å². The summed E-state index contributed by atoms with van der Waals surface area (Å²) in [6.45, 7) is 3.35. The van der Waals surface area contributed by atoms with Crippen molar-refractivity contribution in [2.24, 2.45) is 11.8 Å². The topological polar surface area (TPSA) is 116 Å². The van der Waals surface area contributed by atoms with Crippen LogP contribution in [0.25, 0.3) is 0 Å². The lowest BCUT2D eigenvalue weighted by Gasteiger charge is -2.27. The number of benzene rings is 1. The Morgan fingerprint density at radius 1 is 1.13 bits per heavy atom. The third kappa shape index (κ3) is 3.24. The molecule has 4 rings (SSSR count). The second-order valence-electron chi connectivity index (χ2n) is 8.07. The Balaban J connectivity index is 1.54. The van der Waals surface area contributed by atoms with Crippen molar-refractivity contribution in [3.63, 3.8) is 0 Å². The minimum atomic E-state index is -0.969. The Morgan fingerprint density at radius 3 is 2.57 bits per heavy atom. The second kappa shape index (κ2) is 7.55. The molecule has 1 aromatic rings. The maximum atomic E-state index is 13.0. The van der Waals surface area contributed by atoms with Crippen LogP contribution in [-0.4, -0.2) is 60.6 Å². The smallest absolute Gasteiger partial charge is 0.262 e. The number of fused-ring (bicyclic) bond motifs is 1. The van der Waals surface area contributed by atoms with Gasteiger partial charge in [0.05, 0.1) is 11.1 Å². The predicted molar refractivity (Wildman–Crippen MR) is 107 cm³/mol. The highest BCUT2D eigenvalue weighted by molar-refractivity contribution is 6.23. The van der Waals surface area contributed by atoms with Crippen molar-refractivity contribution in [3.8, 4) is 0 Å². The zero-order valence-corrected chi connectivity index (χ0v) is 16.9. The highest BCUT2D eigenvalue weighted by Crippen LogP contribution is 2.33. The summed E-state index contributed by atoms with van der Waals surface area (Å²) in [6, 6.07) is 4.13. The normalized spacial score (nSPS) is 24.7. The molecule has 158 valence electrons. The monoisotopic (exact) mass is 412 g/mol. The molecule has 5 amide bonds. The van der Waals surface area contributed by atoms with Crippen LogP contribution in [0.1, 0.15) is 46.9 Å². The summed E-state index contributed by atoms with van der Waals surface area (Å²) in [6.07, 6.45) is 1.09. The van der Waals surface area contributed by atoms with Gasteiger partial charge in [-0.2, -0.15) is 0 Å². The molecule has 9 nitrogen and oxygen atoms in total. The Hall–Kier alpha value is -3.23. The molecule has 2 fully saturated rings. The molecular formula is C21H24N4O5. The van der Waals surface area contributed by atoms with Crippen molar-refractivity contribution in [2.75, 3.05) is 25.0 Å². The van der Waals surface area contributed by atoms with Crippen LogP contribution in [0.2, 0.25) is 0 Å². The largest absolute Gasteiger partial charge is 0.371 e. The summed E-state index contributed by atoms with van der Waals surface area (Å²) >= 11 is 0. The molecule has 2 saturated heterocycles. The van der Waals surface area contributed by atoms with Gasteiger partial charge in [0.25, 0.3) is 11.8 Å². The molecule has 9 heteroatoms. The third-order valence-corrected chi connectivity index (χ3v) is 6.38. The van der Waals surface area contributed by atoms with Crippen molar-refractivity contribution in [1.82, 2.24) is 15.5 Å². The van der Waals surface area contributed by atoms with E-state index >= 15 is 0 Å². The first kappa shape index (κ1) is 20.1. The van der Waals surface area contributed by atoms with Crippen molar-refractivity contribution >= 4 is 35.2 Å². The minimum absolute atomic E-state index is 0.0106. The number of amides is 5. The molecule has 0 spiro atoms. The maximum absolute atomic E-state index is 13.0. The van der Waals surface area contributed by atoms with Crippen LogP contribution in [0, 0.1) is 11.8 Å². The van der Waals surface area contributed by atoms with E-state index in [2.05, 4.69) is 15.5 Å². The molecule has 2 unspecified atom stereocenters. The van der Waals surface area contributed by atoms with Gasteiger partial charge in [0.1, 0.15) is 6.04 Å². The van der Waals surface area contributed by atoms with E-state index in [4.69, 9.17) is 0 Å². The molecule has 3 atom stereocenters. The first-order valence-corrected chi connectivity index (χ1v) is 10.1. The van der Waals surface area contributed by atoms with Gasteiger partial charge in [0.2, 0.25) is 17.7 Å². The lowest BCUT2D eigenvalue weighted by atomic mass is 9.92. The van der Waals surface area contributed by atoms with Gasteiger partial charge >= 0.3 is 0 Å². The Bertz CT molecular complexity index is 959. The highest BCUT2D eigenvalue weighted by atomic mass is 16.2. The second-order valence-corrected chi connectivity index (χ2v) is 8.07. The van der Waals surface area contributed by atoms with Crippen LogP contribution >= 0.6 is 0 Å². The number of carbonyl (C=O) groups is 5. The van der Waals surface area contributed by atoms with E-state index in [1.807, 2.05) is 6.92 Å². The Kier molecular flexibility index (Phi) is 5.05. The molecular weight excluding hydrogens is 388 g/mol. The van der Waals surface area contributed by atoms with Crippen molar-refractivity contribution < 1.29 is 24.0 Å². The number of rotatable bonds is 4. The fourth-order valence-electron chi connectivity index (χ4n) is 4.53. The summed E-state index contributed by atoms with van der Waals surface area (Å²) in [5.74, 6) is -1.94. The van der Waals surface area contributed by atoms with Crippen molar-refractivity contribution in [1.29, 1.82) is 0 Å². The number of nitrogens with zero attached hydrogens (tertiary/aromatic N) is 2. The molecule has 3 aliphatic rings. The van der Waals surface area contributed by atoms with Crippen LogP contribution in [0.5, 0.6) is 0 Å². The van der Waals surface area contributed by atoms with Gasteiger partial charge in [-0.3, -0.25) is 34.2 Å². The van der Waals surface area contributed by atoms with Gasteiger partial charge in [-0.05, 0) is 37.0 Å². The molecule has 3 aliphatic heterocycles. The van der Waals surface area contributed by atoms with Crippen LogP contribution in [0.3, 0.4) is 0 Å². The Labute approximate surface area is 173 Å². The molecule has 0 radical (unpaired) electrons. The molecule has 30 heavy (non-hydrogen) atoms. The number of anilines is 1. The summed E-state index contributed by atoms with van der Waals surface area (Å²) in [5, 5.41) is 4.88. The van der Waals surface area contributed by atoms with E-state index in [0.717, 1.165) is 23.6 Å². The fourth-order valence-corrected chi connectivity index (χ4v) is 4.53. The van der Waals surface area contributed by atoms with Gasteiger partial charge in [0, 0.05) is 38.2 Å². The highest BCUT2D eigenvalue weighted by Gasteiger charge is 2.45. The summed E-state index contributed by atoms with van der Waals surface area (Å²) < 4.78 is 0. The first-order valence-electron chi connectivity index (χ1n) is 10.1. The lowest BCUT2D eigenvalue weighted by Crippen LogP contribution is -2.54. The van der Waals surface area contributed by atoms with Crippen LogP contribution in [0.4, 0.5) is 5.69 Å². The first-order chi connectivity index (χ1) is 14.3. The molecule has 2 N–H and O–H groups in total. The van der Waals surface area contributed by atoms with Gasteiger partial charge in [0.15, 0.2) is 0 Å². The molecule has 0 aliphatic carbocycles. The molecule has 0 aromatic heterocycles. The van der Waals surface area contributed by atoms with Crippen molar-refractivity contribution in [3.05, 3.63) is 29.3 Å². The van der Waals surface area contributed by atoms with E-state index in [9.17, 15) is 24.0 Å². The average molecular weight is 412 g/mol. The number of carbonyl (C=O) groups excluding carboxylic acids is 5. The number of hydrogen-bond donors (Lipinski definition) is 2. The standard InChI is InChI=1S/C21H24N4O5/c1-11(18(27)22-2)12-7-8-24(10-12)13-3-4-14-15(9-13)21(30)25(20(14)29)16-5-6-17(26)23-19(16)28/h3-4,9,11-12,16H,5-8,10H2,1-2H3,(H,22,27)(H,23,26,28)/t11?,12-,16?/m1/s1. The van der Waals surface area contributed by atoms with Gasteiger partial charge in [-0.15, -0.1) is 0 Å². The quantitative estimate of drug-likeness (QED) is 0.687. The molecule has 1 aromatic carbocycles. The van der Waals surface area contributed by atoms with Crippen LogP contribution in [-0.2, 0) is 14.4 Å². The van der Waals surface area contributed by atoms with Crippen LogP contribution in [0.15, 0.2) is 18.2 Å². The predicted octanol–water partition coefficient (Wildman–Crippen LogP) is 0.296. The van der Waals surface area contributed by atoms with E-state index < -0.39 is 29.7 Å². The fraction of sp³-hybridized carbons (Fsp3) is 0.476. The molecule has 0 bridgehead atoms. The number of piperidine rings is 1. The SMILES string of the molecule is CNC(=O)C(C)[C@@H]1CCN(c2ccc3c(c2)C(=O)N(C2CCC(=O)NC2=O)C3=O)C1. The summed E-state index contributed by atoms with van der Waals surface area (Å²) in [4.78, 5) is 64.3. The maximum Gasteiger partial charge on any atom is 0.262 e. The number of imide groups is 2. The van der Waals surface area contributed by atoms with Gasteiger partial charge < -0.3 is 10.2 Å². The molecule has 0 saturated carbocycles. The third-order valence-electron chi connectivity index (χ3n) is 6.38. The minimum Gasteiger partial charge on any atom is -0.371 e. The van der Waals surface area contributed by atoms with Gasteiger partial charge in [-0.25, -0.2) is 0 Å². The van der Waals surface area contributed by atoms with E-state index in [0.29, 0.717) is 6.54 Å². The lowest BCUT2D eigenvalue weighted by molar-refractivity contribution is -0.136. The summed E-state index contributed by atoms with van der Waals surface area (Å²) in [5.41, 5.74) is 1.35. The van der Waals surface area contributed by atoms with E-state index in [-0.39, 0.29) is 41.7 Å². The van der Waals surface area contributed by atoms with Crippen LogP contribution < -0.4 is 15.5 Å². The molecule has 3 heterocycles. The number of nitrogens with one attached hydrogen (secondary N) is 2. The van der Waals surface area contributed by atoms with Crippen molar-refractivity contribution in [2.45, 2.75) is 32.2 Å². The zero-order chi connectivity index (χ0) is 21.6. The Morgan fingerprint density at radius 2 is 1.87 bits per heavy atom. The zero-order valence-electron chi connectivity index (χ0n) is 16.9. The summed E-state index contributed by atoms with van der Waals surface area (Å²) in [7, 11) is 1.63. The number of hydrogen-bond acceptors (Lipinski definition) is 6.